The van der Waals surface area contributed by atoms with Gasteiger partial charge in [-0.3, -0.25) is 4.79 Å². The van der Waals surface area contributed by atoms with Crippen molar-refractivity contribution in [3.05, 3.63) is 102 Å². The second kappa shape index (κ2) is 7.40. The van der Waals surface area contributed by atoms with Gasteiger partial charge < -0.3 is 4.74 Å². The molecule has 1 atom stereocenters. The first-order chi connectivity index (χ1) is 12.8. The zero-order valence-electron chi connectivity index (χ0n) is 14.5. The summed E-state index contributed by atoms with van der Waals surface area (Å²) in [5.41, 5.74) is 4.16. The predicted octanol–water partition coefficient (Wildman–Crippen LogP) is 5.65. The number of fused-ring (bicyclic) bond motifs is 1. The van der Waals surface area contributed by atoms with E-state index in [1.807, 2.05) is 66.7 Å². The highest BCUT2D eigenvalue weighted by molar-refractivity contribution is 5.96. The summed E-state index contributed by atoms with van der Waals surface area (Å²) >= 11 is 0. The highest BCUT2D eigenvalue weighted by Gasteiger charge is 2.23. The first-order valence-corrected chi connectivity index (χ1v) is 8.89. The number of benzene rings is 3. The van der Waals surface area contributed by atoms with Crippen molar-refractivity contribution in [3.8, 4) is 5.75 Å². The lowest BCUT2D eigenvalue weighted by Crippen LogP contribution is -2.21. The minimum atomic E-state index is -0.183. The van der Waals surface area contributed by atoms with Crippen molar-refractivity contribution < 1.29 is 9.53 Å². The van der Waals surface area contributed by atoms with Gasteiger partial charge in [-0.15, -0.1) is 0 Å². The van der Waals surface area contributed by atoms with Gasteiger partial charge in [0, 0.05) is 24.0 Å². The molecule has 2 heteroatoms. The molecule has 26 heavy (non-hydrogen) atoms. The van der Waals surface area contributed by atoms with Crippen molar-refractivity contribution in [1.29, 1.82) is 0 Å². The van der Waals surface area contributed by atoms with Gasteiger partial charge in [0.1, 0.15) is 11.9 Å². The highest BCUT2D eigenvalue weighted by Crippen LogP contribution is 2.34. The second-order valence-corrected chi connectivity index (χ2v) is 6.51. The van der Waals surface area contributed by atoms with Crippen LogP contribution in [-0.2, 0) is 0 Å². The Morgan fingerprint density at radius 3 is 2.27 bits per heavy atom. The number of para-hydroxylation sites is 1. The maximum absolute atomic E-state index is 12.7. The third kappa shape index (κ3) is 3.60. The fourth-order valence-corrected chi connectivity index (χ4v) is 3.34. The van der Waals surface area contributed by atoms with E-state index in [4.69, 9.17) is 4.74 Å². The minimum Gasteiger partial charge on any atom is -0.489 e. The van der Waals surface area contributed by atoms with Gasteiger partial charge in [-0.2, -0.15) is 0 Å². The lowest BCUT2D eigenvalue weighted by Gasteiger charge is -2.18. The summed E-state index contributed by atoms with van der Waals surface area (Å²) in [4.78, 5) is 12.7. The molecule has 1 aliphatic rings. The van der Waals surface area contributed by atoms with Crippen LogP contribution < -0.4 is 4.74 Å². The molecule has 3 aromatic carbocycles. The van der Waals surface area contributed by atoms with Gasteiger partial charge in [0.15, 0.2) is 5.78 Å². The molecule has 0 spiro atoms. The van der Waals surface area contributed by atoms with Crippen LogP contribution in [0, 0.1) is 0 Å². The van der Waals surface area contributed by atoms with Crippen LogP contribution in [0.2, 0.25) is 0 Å². The molecule has 3 aromatic rings. The summed E-state index contributed by atoms with van der Waals surface area (Å²) < 4.78 is 6.23. The normalized spacial score (nSPS) is 16.0. The van der Waals surface area contributed by atoms with E-state index in [0.717, 1.165) is 16.9 Å². The number of carbonyl (C=O) groups is 1. The Hall–Kier alpha value is -3.13. The Morgan fingerprint density at radius 2 is 1.50 bits per heavy atom. The highest BCUT2D eigenvalue weighted by atomic mass is 16.5. The third-order valence-electron chi connectivity index (χ3n) is 4.64. The molecule has 0 amide bonds. The molecular weight excluding hydrogens is 320 g/mol. The summed E-state index contributed by atoms with van der Waals surface area (Å²) in [5.74, 6) is 0.951. The van der Waals surface area contributed by atoms with Crippen LogP contribution in [0.5, 0.6) is 5.75 Å². The molecule has 2 nitrogen and oxygen atoms in total. The average molecular weight is 340 g/mol. The minimum absolute atomic E-state index is 0.113. The standard InChI is InChI=1S/C24H20O2/c25-23(19-11-5-2-6-12-19)17-22-16-21(18-9-3-1-4-10-18)15-20-13-7-8-14-24(20)26-22/h1-15,22H,16-17H2. The predicted molar refractivity (Wildman–Crippen MR) is 105 cm³/mol. The Bertz CT molecular complexity index is 927. The van der Waals surface area contributed by atoms with Gasteiger partial charge in [0.25, 0.3) is 0 Å². The third-order valence-corrected chi connectivity index (χ3v) is 4.64. The average Bonchev–Trinajstić information content (AvgIpc) is 2.88. The maximum atomic E-state index is 12.7. The molecule has 0 aromatic heterocycles. The summed E-state index contributed by atoms with van der Waals surface area (Å²) in [6.45, 7) is 0. The zero-order valence-corrected chi connectivity index (χ0v) is 14.5. The molecule has 0 aliphatic carbocycles. The number of rotatable bonds is 4. The number of hydrogen-bond acceptors (Lipinski definition) is 2. The molecule has 1 unspecified atom stereocenters. The van der Waals surface area contributed by atoms with Crippen molar-refractivity contribution in [2.24, 2.45) is 0 Å². The summed E-state index contributed by atoms with van der Waals surface area (Å²) in [6, 6.07) is 27.8. The van der Waals surface area contributed by atoms with E-state index < -0.39 is 0 Å². The van der Waals surface area contributed by atoms with Crippen LogP contribution in [0.1, 0.15) is 34.3 Å². The van der Waals surface area contributed by atoms with E-state index in [9.17, 15) is 4.79 Å². The van der Waals surface area contributed by atoms with Gasteiger partial charge in [-0.1, -0.05) is 78.9 Å². The lowest BCUT2D eigenvalue weighted by atomic mass is 9.95. The van der Waals surface area contributed by atoms with Crippen LogP contribution in [0.3, 0.4) is 0 Å². The molecule has 0 radical (unpaired) electrons. The fraction of sp³-hybridized carbons (Fsp3) is 0.125. The fourth-order valence-electron chi connectivity index (χ4n) is 3.34. The Morgan fingerprint density at radius 1 is 0.846 bits per heavy atom. The van der Waals surface area contributed by atoms with Gasteiger partial charge in [0.2, 0.25) is 0 Å². The molecule has 1 heterocycles. The van der Waals surface area contributed by atoms with Gasteiger partial charge in [-0.25, -0.2) is 0 Å². The molecular formula is C24H20O2. The van der Waals surface area contributed by atoms with Crippen molar-refractivity contribution in [2.75, 3.05) is 0 Å². The lowest BCUT2D eigenvalue weighted by molar-refractivity contribution is 0.0912. The van der Waals surface area contributed by atoms with Crippen molar-refractivity contribution in [2.45, 2.75) is 18.9 Å². The molecule has 0 saturated heterocycles. The molecule has 0 bridgehead atoms. The molecule has 0 N–H and O–H groups in total. The second-order valence-electron chi connectivity index (χ2n) is 6.51. The quantitative estimate of drug-likeness (QED) is 0.574. The van der Waals surface area contributed by atoms with Crippen LogP contribution in [-0.4, -0.2) is 11.9 Å². The van der Waals surface area contributed by atoms with E-state index in [-0.39, 0.29) is 11.9 Å². The van der Waals surface area contributed by atoms with Crippen molar-refractivity contribution in [1.82, 2.24) is 0 Å². The number of Topliss-reactive ketones (excluding diaryl/α,β-unsaturated/α-hetero) is 1. The Labute approximate surface area is 153 Å². The van der Waals surface area contributed by atoms with Gasteiger partial charge >= 0.3 is 0 Å². The molecule has 4 rings (SSSR count). The van der Waals surface area contributed by atoms with Crippen molar-refractivity contribution in [3.63, 3.8) is 0 Å². The van der Waals surface area contributed by atoms with Crippen LogP contribution in [0.15, 0.2) is 84.9 Å². The summed E-state index contributed by atoms with van der Waals surface area (Å²) in [5, 5.41) is 0. The number of ether oxygens (including phenoxy) is 1. The van der Waals surface area contributed by atoms with Crippen LogP contribution in [0.4, 0.5) is 0 Å². The van der Waals surface area contributed by atoms with E-state index in [0.29, 0.717) is 12.8 Å². The number of ketones is 1. The van der Waals surface area contributed by atoms with E-state index in [2.05, 4.69) is 24.3 Å². The first-order valence-electron chi connectivity index (χ1n) is 8.89. The maximum Gasteiger partial charge on any atom is 0.166 e. The van der Waals surface area contributed by atoms with Crippen LogP contribution in [0.25, 0.3) is 11.6 Å². The van der Waals surface area contributed by atoms with E-state index >= 15 is 0 Å². The monoisotopic (exact) mass is 340 g/mol. The SMILES string of the molecule is O=C(CC1CC(c2ccccc2)=Cc2ccccc2O1)c1ccccc1. The number of carbonyl (C=O) groups excluding carboxylic acids is 1. The largest absolute Gasteiger partial charge is 0.489 e. The zero-order chi connectivity index (χ0) is 17.8. The van der Waals surface area contributed by atoms with E-state index in [1.165, 1.54) is 11.1 Å². The number of hydrogen-bond donors (Lipinski definition) is 0. The molecule has 128 valence electrons. The molecule has 0 saturated carbocycles. The van der Waals surface area contributed by atoms with Gasteiger partial charge in [-0.05, 0) is 23.3 Å². The van der Waals surface area contributed by atoms with Crippen molar-refractivity contribution >= 4 is 17.4 Å². The molecule has 1 aliphatic heterocycles. The Balaban J connectivity index is 1.65. The molecule has 0 fully saturated rings. The smallest absolute Gasteiger partial charge is 0.166 e. The van der Waals surface area contributed by atoms with Gasteiger partial charge in [0.05, 0.1) is 0 Å². The Kier molecular flexibility index (Phi) is 4.65. The summed E-state index contributed by atoms with van der Waals surface area (Å²) in [6.07, 6.45) is 3.06. The van der Waals surface area contributed by atoms with Crippen LogP contribution >= 0.6 is 0 Å². The topological polar surface area (TPSA) is 26.3 Å². The summed E-state index contributed by atoms with van der Waals surface area (Å²) in [7, 11) is 0. The first kappa shape index (κ1) is 16.3. The van der Waals surface area contributed by atoms with E-state index in [1.54, 1.807) is 0 Å².